The highest BCUT2D eigenvalue weighted by atomic mass is 32.2. The number of hydrogen-bond donors (Lipinski definition) is 3. The number of allylic oxidation sites excluding steroid dienone is 1. The van der Waals surface area contributed by atoms with Gasteiger partial charge in [-0.25, -0.2) is 4.79 Å². The van der Waals surface area contributed by atoms with Crippen LogP contribution in [0, 0.1) is 0 Å². The molecule has 0 aliphatic carbocycles. The van der Waals surface area contributed by atoms with Crippen molar-refractivity contribution in [1.82, 2.24) is 0 Å². The van der Waals surface area contributed by atoms with E-state index >= 15 is 0 Å². The lowest BCUT2D eigenvalue weighted by Gasteiger charge is -2.06. The standard InChI is InChI=1S/C9H15NO4S/c1-15-4-2-3-6(8(11)12)5-7(10)9(13)14/h3,7H,2,4-5,10H2,1H3,(H,11,12)(H,13,14)/b6-3+/t7-/m0/s1. The Hall–Kier alpha value is -1.01. The average molecular weight is 233 g/mol. The molecule has 0 radical (unpaired) electrons. The van der Waals surface area contributed by atoms with E-state index in [9.17, 15) is 9.59 Å². The van der Waals surface area contributed by atoms with Gasteiger partial charge < -0.3 is 15.9 Å². The lowest BCUT2D eigenvalue weighted by molar-refractivity contribution is -0.138. The molecule has 86 valence electrons. The Bertz CT molecular complexity index is 265. The van der Waals surface area contributed by atoms with Crippen LogP contribution < -0.4 is 5.73 Å². The van der Waals surface area contributed by atoms with Crippen LogP contribution in [-0.4, -0.2) is 40.2 Å². The van der Waals surface area contributed by atoms with Gasteiger partial charge in [0.2, 0.25) is 0 Å². The summed E-state index contributed by atoms with van der Waals surface area (Å²) >= 11 is 1.60. The maximum atomic E-state index is 10.7. The molecule has 0 spiro atoms. The highest BCUT2D eigenvalue weighted by Crippen LogP contribution is 2.08. The van der Waals surface area contributed by atoms with Gasteiger partial charge >= 0.3 is 11.9 Å². The largest absolute Gasteiger partial charge is 0.480 e. The summed E-state index contributed by atoms with van der Waals surface area (Å²) in [6.45, 7) is 0. The molecule has 6 heteroatoms. The van der Waals surface area contributed by atoms with Crippen LogP contribution in [0.1, 0.15) is 12.8 Å². The van der Waals surface area contributed by atoms with Crippen LogP contribution >= 0.6 is 11.8 Å². The topological polar surface area (TPSA) is 101 Å². The van der Waals surface area contributed by atoms with E-state index in [0.29, 0.717) is 6.42 Å². The number of carboxylic acid groups (broad SMARTS) is 2. The van der Waals surface area contributed by atoms with Crippen molar-refractivity contribution in [3.8, 4) is 0 Å². The van der Waals surface area contributed by atoms with Gasteiger partial charge in [0.15, 0.2) is 0 Å². The van der Waals surface area contributed by atoms with Crippen molar-refractivity contribution in [2.45, 2.75) is 18.9 Å². The minimum absolute atomic E-state index is 0.0685. The van der Waals surface area contributed by atoms with Crippen LogP contribution in [0.5, 0.6) is 0 Å². The fourth-order valence-corrected chi connectivity index (χ4v) is 1.29. The van der Waals surface area contributed by atoms with E-state index in [1.54, 1.807) is 11.8 Å². The van der Waals surface area contributed by atoms with Gasteiger partial charge in [-0.1, -0.05) is 6.08 Å². The second-order valence-electron chi connectivity index (χ2n) is 2.96. The van der Waals surface area contributed by atoms with E-state index in [2.05, 4.69) is 0 Å². The van der Waals surface area contributed by atoms with Crippen molar-refractivity contribution in [2.75, 3.05) is 12.0 Å². The van der Waals surface area contributed by atoms with Crippen LogP contribution in [0.25, 0.3) is 0 Å². The molecule has 0 aromatic heterocycles. The Kier molecular flexibility index (Phi) is 6.81. The van der Waals surface area contributed by atoms with E-state index in [1.165, 1.54) is 6.08 Å². The molecule has 0 saturated carbocycles. The highest BCUT2D eigenvalue weighted by molar-refractivity contribution is 7.98. The molecule has 0 aromatic carbocycles. The number of nitrogens with two attached hydrogens (primary N) is 1. The molecule has 0 aliphatic heterocycles. The zero-order chi connectivity index (χ0) is 11.8. The average Bonchev–Trinajstić information content (AvgIpc) is 2.15. The van der Waals surface area contributed by atoms with Crippen LogP contribution in [0.15, 0.2) is 11.6 Å². The highest BCUT2D eigenvalue weighted by Gasteiger charge is 2.17. The Balaban J connectivity index is 4.34. The number of rotatable bonds is 7. The summed E-state index contributed by atoms with van der Waals surface area (Å²) < 4.78 is 0. The summed E-state index contributed by atoms with van der Waals surface area (Å²) in [5.74, 6) is -1.49. The molecule has 0 aromatic rings. The monoisotopic (exact) mass is 233 g/mol. The normalized spacial score (nSPS) is 13.6. The molecule has 4 N–H and O–H groups in total. The Morgan fingerprint density at radius 2 is 2.07 bits per heavy atom. The first-order valence-corrected chi connectivity index (χ1v) is 5.78. The van der Waals surface area contributed by atoms with E-state index in [1.807, 2.05) is 6.26 Å². The van der Waals surface area contributed by atoms with Crippen molar-refractivity contribution in [2.24, 2.45) is 5.73 Å². The first kappa shape index (κ1) is 14.0. The quantitative estimate of drug-likeness (QED) is 0.438. The van der Waals surface area contributed by atoms with Crippen molar-refractivity contribution >= 4 is 23.7 Å². The van der Waals surface area contributed by atoms with Gasteiger partial charge in [-0.3, -0.25) is 4.79 Å². The molecule has 0 amide bonds. The van der Waals surface area contributed by atoms with Crippen molar-refractivity contribution in [3.63, 3.8) is 0 Å². The minimum Gasteiger partial charge on any atom is -0.480 e. The maximum absolute atomic E-state index is 10.7. The van der Waals surface area contributed by atoms with E-state index in [-0.39, 0.29) is 12.0 Å². The predicted molar refractivity (Wildman–Crippen MR) is 58.9 cm³/mol. The van der Waals surface area contributed by atoms with Crippen molar-refractivity contribution in [3.05, 3.63) is 11.6 Å². The Morgan fingerprint density at radius 3 is 2.47 bits per heavy atom. The Morgan fingerprint density at radius 1 is 1.47 bits per heavy atom. The van der Waals surface area contributed by atoms with Gasteiger partial charge in [-0.2, -0.15) is 11.8 Å². The third-order valence-corrected chi connectivity index (χ3v) is 2.39. The smallest absolute Gasteiger partial charge is 0.331 e. The van der Waals surface area contributed by atoms with Gasteiger partial charge in [0.05, 0.1) is 0 Å². The molecule has 5 nitrogen and oxygen atoms in total. The van der Waals surface area contributed by atoms with Crippen molar-refractivity contribution in [1.29, 1.82) is 0 Å². The zero-order valence-corrected chi connectivity index (χ0v) is 9.29. The summed E-state index contributed by atoms with van der Waals surface area (Å²) in [6, 6.07) is -1.15. The molecular formula is C9H15NO4S. The number of hydrogen-bond acceptors (Lipinski definition) is 4. The zero-order valence-electron chi connectivity index (χ0n) is 8.47. The second kappa shape index (κ2) is 7.30. The molecule has 0 saturated heterocycles. The molecule has 0 heterocycles. The van der Waals surface area contributed by atoms with E-state index in [4.69, 9.17) is 15.9 Å². The lowest BCUT2D eigenvalue weighted by atomic mass is 10.1. The molecule has 0 fully saturated rings. The van der Waals surface area contributed by atoms with Gasteiger partial charge in [0.25, 0.3) is 0 Å². The molecule has 0 bridgehead atoms. The first-order chi connectivity index (χ1) is 6.99. The summed E-state index contributed by atoms with van der Waals surface area (Å²) in [5, 5.41) is 17.3. The van der Waals surface area contributed by atoms with Crippen LogP contribution in [0.4, 0.5) is 0 Å². The van der Waals surface area contributed by atoms with Crippen LogP contribution in [-0.2, 0) is 9.59 Å². The van der Waals surface area contributed by atoms with Gasteiger partial charge in [-0.05, 0) is 18.4 Å². The number of carboxylic acids is 2. The molecule has 0 unspecified atom stereocenters. The molecule has 0 aliphatic rings. The Labute approximate surface area is 92.3 Å². The summed E-state index contributed by atoms with van der Waals surface area (Å²) in [4.78, 5) is 21.2. The SMILES string of the molecule is CSCC/C=C(\C[C@H](N)C(=O)O)C(=O)O. The van der Waals surface area contributed by atoms with Crippen LogP contribution in [0.3, 0.4) is 0 Å². The molecule has 0 rings (SSSR count). The first-order valence-electron chi connectivity index (χ1n) is 4.38. The molecular weight excluding hydrogens is 218 g/mol. The minimum atomic E-state index is -1.19. The molecule has 1 atom stereocenters. The van der Waals surface area contributed by atoms with Crippen LogP contribution in [0.2, 0.25) is 0 Å². The third kappa shape index (κ3) is 6.14. The summed E-state index contributed by atoms with van der Waals surface area (Å²) in [6.07, 6.45) is 3.91. The second-order valence-corrected chi connectivity index (χ2v) is 3.95. The number of thioether (sulfide) groups is 1. The molecule has 15 heavy (non-hydrogen) atoms. The van der Waals surface area contributed by atoms with Crippen molar-refractivity contribution < 1.29 is 19.8 Å². The van der Waals surface area contributed by atoms with Gasteiger partial charge in [0, 0.05) is 12.0 Å². The van der Waals surface area contributed by atoms with E-state index in [0.717, 1.165) is 5.75 Å². The van der Waals surface area contributed by atoms with Gasteiger partial charge in [-0.15, -0.1) is 0 Å². The fraction of sp³-hybridized carbons (Fsp3) is 0.556. The maximum Gasteiger partial charge on any atom is 0.331 e. The number of carbonyl (C=O) groups is 2. The summed E-state index contributed by atoms with van der Waals surface area (Å²) in [7, 11) is 0. The van der Waals surface area contributed by atoms with Gasteiger partial charge in [0.1, 0.15) is 6.04 Å². The fourth-order valence-electron chi connectivity index (χ4n) is 0.933. The third-order valence-electron chi connectivity index (χ3n) is 1.74. The lowest BCUT2D eigenvalue weighted by Crippen LogP contribution is -2.31. The summed E-state index contributed by atoms with van der Waals surface area (Å²) in [5.41, 5.74) is 5.32. The predicted octanol–water partition coefficient (Wildman–Crippen LogP) is 0.552. The van der Waals surface area contributed by atoms with E-state index < -0.39 is 18.0 Å². The number of aliphatic carboxylic acids is 2.